The smallest absolute Gasteiger partial charge is 0.245 e. The molecule has 3 atom stereocenters. The third-order valence-corrected chi connectivity index (χ3v) is 8.00. The van der Waals surface area contributed by atoms with Crippen molar-refractivity contribution in [3.05, 3.63) is 65.0 Å². The molecule has 1 saturated heterocycles. The Morgan fingerprint density at radius 2 is 1.77 bits per heavy atom. The van der Waals surface area contributed by atoms with Crippen LogP contribution in [-0.2, 0) is 37.4 Å². The highest BCUT2D eigenvalue weighted by Gasteiger charge is 2.33. The van der Waals surface area contributed by atoms with E-state index >= 15 is 0 Å². The molecular weight excluding hydrogens is 565 g/mol. The highest BCUT2D eigenvalue weighted by molar-refractivity contribution is 5.93. The number of halogens is 1. The maximum atomic E-state index is 13.9. The first-order valence-electron chi connectivity index (χ1n) is 15.1. The molecule has 0 saturated carbocycles. The zero-order valence-electron chi connectivity index (χ0n) is 26.4. The lowest BCUT2D eigenvalue weighted by Crippen LogP contribution is -2.57. The van der Waals surface area contributed by atoms with Gasteiger partial charge in [0.2, 0.25) is 23.6 Å². The van der Waals surface area contributed by atoms with Crippen LogP contribution < -0.4 is 16.4 Å². The predicted molar refractivity (Wildman–Crippen MR) is 166 cm³/mol. The number of aromatic hydroxyl groups is 1. The Morgan fingerprint density at radius 3 is 2.43 bits per heavy atom. The molecule has 10 nitrogen and oxygen atoms in total. The molecule has 44 heavy (non-hydrogen) atoms. The summed E-state index contributed by atoms with van der Waals surface area (Å²) in [5.41, 5.74) is 8.02. The first-order valence-corrected chi connectivity index (χ1v) is 15.1. The van der Waals surface area contributed by atoms with Gasteiger partial charge in [-0.2, -0.15) is 0 Å². The van der Waals surface area contributed by atoms with E-state index in [2.05, 4.69) is 10.6 Å². The van der Waals surface area contributed by atoms with Gasteiger partial charge in [0.15, 0.2) is 0 Å². The summed E-state index contributed by atoms with van der Waals surface area (Å²) >= 11 is 0. The number of carbonyl (C=O) groups is 4. The molecule has 5 N–H and O–H groups in total. The summed E-state index contributed by atoms with van der Waals surface area (Å²) in [6.45, 7) is 6.48. The highest BCUT2D eigenvalue weighted by atomic mass is 19.1. The van der Waals surface area contributed by atoms with Crippen molar-refractivity contribution in [2.45, 2.75) is 82.8 Å². The van der Waals surface area contributed by atoms with Crippen LogP contribution in [0.4, 0.5) is 4.39 Å². The lowest BCUT2D eigenvalue weighted by atomic mass is 9.84. The number of nitrogens with two attached hydrogens (primary N) is 1. The lowest BCUT2D eigenvalue weighted by molar-refractivity contribution is -0.142. The minimum absolute atomic E-state index is 0.127. The van der Waals surface area contributed by atoms with Gasteiger partial charge in [0, 0.05) is 40.0 Å². The molecule has 4 amide bonds. The number of hydrogen-bond acceptors (Lipinski definition) is 6. The maximum absolute atomic E-state index is 13.9. The zero-order chi connectivity index (χ0) is 32.6. The van der Waals surface area contributed by atoms with Gasteiger partial charge in [0.25, 0.3) is 0 Å². The number of phenolic OH excluding ortho intramolecular Hbond substituents is 1. The van der Waals surface area contributed by atoms with E-state index in [-0.39, 0.29) is 55.2 Å². The van der Waals surface area contributed by atoms with Crippen LogP contribution in [0.1, 0.15) is 63.1 Å². The lowest BCUT2D eigenvalue weighted by Gasteiger charge is -2.32. The largest absolute Gasteiger partial charge is 0.508 e. The van der Waals surface area contributed by atoms with E-state index in [1.807, 2.05) is 26.8 Å². The van der Waals surface area contributed by atoms with Gasteiger partial charge in [-0.15, -0.1) is 0 Å². The number of benzene rings is 2. The van der Waals surface area contributed by atoms with Gasteiger partial charge in [-0.05, 0) is 66.0 Å². The Morgan fingerprint density at radius 1 is 1.11 bits per heavy atom. The molecule has 2 unspecified atom stereocenters. The van der Waals surface area contributed by atoms with E-state index in [0.29, 0.717) is 30.5 Å². The number of rotatable bonds is 6. The van der Waals surface area contributed by atoms with E-state index in [0.717, 1.165) is 5.56 Å². The van der Waals surface area contributed by atoms with Crippen LogP contribution in [0.15, 0.2) is 42.5 Å². The van der Waals surface area contributed by atoms with Crippen LogP contribution in [-0.4, -0.2) is 83.8 Å². The number of hydrogen-bond donors (Lipinski definition) is 4. The molecule has 240 valence electrons. The molecule has 1 aliphatic heterocycles. The van der Waals surface area contributed by atoms with Crippen LogP contribution in [0, 0.1) is 5.82 Å². The Labute approximate surface area is 259 Å². The van der Waals surface area contributed by atoms with Crippen molar-refractivity contribution in [2.75, 3.05) is 27.2 Å². The van der Waals surface area contributed by atoms with Gasteiger partial charge in [-0.3, -0.25) is 19.2 Å². The molecule has 1 heterocycles. The van der Waals surface area contributed by atoms with Crippen LogP contribution in [0.2, 0.25) is 0 Å². The van der Waals surface area contributed by atoms with Gasteiger partial charge in [0.1, 0.15) is 23.7 Å². The topological polar surface area (TPSA) is 145 Å². The third-order valence-electron chi connectivity index (χ3n) is 8.00. The summed E-state index contributed by atoms with van der Waals surface area (Å²) in [5.74, 6) is -1.76. The standard InChI is InChI=1S/C33H46FN5O5/c1-33(2,3)24-18-22(11-14-28(24)40)20-26-32(44)38(4)17-15-29(41)36-16-7-6-8-27(30(42)37-26)39(5)31(43)25(35)19-21-9-12-23(34)13-10-21/h9-14,18,25-27,40H,6-8,15-17,19-20,35H2,1-5H3,(H,36,41)(H,37,42)/t25-,26?,27?/m0/s1. The molecule has 2 aromatic carbocycles. The molecule has 1 aliphatic rings. The maximum Gasteiger partial charge on any atom is 0.245 e. The SMILES string of the molecule is CN1CCC(=O)NCCCCC(N(C)C(=O)[C@@H](N)Cc2ccc(F)cc2)C(=O)NC(Cc2ccc(O)c(C(C)(C)C)c2)C1=O. The van der Waals surface area contributed by atoms with Crippen molar-refractivity contribution in [3.8, 4) is 5.75 Å². The normalized spacial score (nSPS) is 19.9. The number of nitrogens with one attached hydrogen (secondary N) is 2. The number of amides is 4. The van der Waals surface area contributed by atoms with Gasteiger partial charge in [0.05, 0.1) is 6.04 Å². The van der Waals surface area contributed by atoms with E-state index in [1.165, 1.54) is 29.0 Å². The average Bonchev–Trinajstić information content (AvgIpc) is 2.97. The summed E-state index contributed by atoms with van der Waals surface area (Å²) in [7, 11) is 3.10. The van der Waals surface area contributed by atoms with E-state index in [1.54, 1.807) is 31.3 Å². The van der Waals surface area contributed by atoms with E-state index in [9.17, 15) is 28.7 Å². The summed E-state index contributed by atoms with van der Waals surface area (Å²) in [6.07, 6.45) is 1.85. The summed E-state index contributed by atoms with van der Waals surface area (Å²) < 4.78 is 13.4. The van der Waals surface area contributed by atoms with Crippen molar-refractivity contribution < 1.29 is 28.7 Å². The second-order valence-electron chi connectivity index (χ2n) is 12.6. The fraction of sp³-hybridized carbons (Fsp3) is 0.515. The number of likely N-dealkylation sites (N-methyl/N-ethyl adjacent to an activating group) is 2. The minimum Gasteiger partial charge on any atom is -0.508 e. The van der Waals surface area contributed by atoms with Crippen LogP contribution in [0.25, 0.3) is 0 Å². The molecule has 11 heteroatoms. The Kier molecular flexibility index (Phi) is 11.9. The van der Waals surface area contributed by atoms with Crippen molar-refractivity contribution >= 4 is 23.6 Å². The average molecular weight is 612 g/mol. The number of carbonyl (C=O) groups excluding carboxylic acids is 4. The van der Waals surface area contributed by atoms with Gasteiger partial charge >= 0.3 is 0 Å². The molecule has 0 aliphatic carbocycles. The van der Waals surface area contributed by atoms with Crippen LogP contribution >= 0.6 is 0 Å². The first-order chi connectivity index (χ1) is 20.7. The summed E-state index contributed by atoms with van der Waals surface area (Å²) in [6, 6.07) is 7.96. The molecule has 1 fully saturated rings. The second kappa shape index (κ2) is 15.1. The predicted octanol–water partition coefficient (Wildman–Crippen LogP) is 2.40. The van der Waals surface area contributed by atoms with Crippen molar-refractivity contribution in [2.24, 2.45) is 5.73 Å². The summed E-state index contributed by atoms with van der Waals surface area (Å²) in [4.78, 5) is 56.1. The van der Waals surface area contributed by atoms with Crippen LogP contribution in [0.5, 0.6) is 5.75 Å². The van der Waals surface area contributed by atoms with E-state index < -0.39 is 35.8 Å². The second-order valence-corrected chi connectivity index (χ2v) is 12.6. The molecular formula is C33H46FN5O5. The summed E-state index contributed by atoms with van der Waals surface area (Å²) in [5, 5.41) is 16.2. The zero-order valence-corrected chi connectivity index (χ0v) is 26.4. The van der Waals surface area contributed by atoms with Gasteiger partial charge < -0.3 is 31.3 Å². The Balaban J connectivity index is 1.89. The first kappa shape index (κ1) is 34.5. The Bertz CT molecular complexity index is 1330. The number of phenols is 1. The number of nitrogens with zero attached hydrogens (tertiary/aromatic N) is 2. The van der Waals surface area contributed by atoms with Crippen molar-refractivity contribution in [3.63, 3.8) is 0 Å². The fourth-order valence-corrected chi connectivity index (χ4v) is 5.32. The van der Waals surface area contributed by atoms with Crippen LogP contribution in [0.3, 0.4) is 0 Å². The molecule has 0 radical (unpaired) electrons. The van der Waals surface area contributed by atoms with Crippen molar-refractivity contribution in [1.29, 1.82) is 0 Å². The molecule has 0 spiro atoms. The third kappa shape index (κ3) is 9.51. The van der Waals surface area contributed by atoms with Gasteiger partial charge in [-0.1, -0.05) is 45.0 Å². The molecule has 2 aromatic rings. The fourth-order valence-electron chi connectivity index (χ4n) is 5.32. The highest BCUT2D eigenvalue weighted by Crippen LogP contribution is 2.31. The van der Waals surface area contributed by atoms with Gasteiger partial charge in [-0.25, -0.2) is 4.39 Å². The molecule has 0 bridgehead atoms. The Hall–Kier alpha value is -3.99. The molecule has 3 rings (SSSR count). The molecule has 0 aromatic heterocycles. The van der Waals surface area contributed by atoms with Crippen molar-refractivity contribution in [1.82, 2.24) is 20.4 Å². The minimum atomic E-state index is -0.991. The monoisotopic (exact) mass is 611 g/mol. The van der Waals surface area contributed by atoms with E-state index in [4.69, 9.17) is 5.73 Å². The quantitative estimate of drug-likeness (QED) is 0.395.